The highest BCUT2D eigenvalue weighted by atomic mass is 16.5. The SMILES string of the molecule is COc1cc2c(cc1OC)CC(CCCN(C)CCc1ccc(C)cc1)=C2. The van der Waals surface area contributed by atoms with Gasteiger partial charge in [0.15, 0.2) is 11.5 Å². The molecule has 0 fully saturated rings. The van der Waals surface area contributed by atoms with Gasteiger partial charge in [0.1, 0.15) is 0 Å². The van der Waals surface area contributed by atoms with Crippen molar-refractivity contribution in [3.63, 3.8) is 0 Å². The molecule has 0 spiro atoms. The number of hydrogen-bond acceptors (Lipinski definition) is 3. The van der Waals surface area contributed by atoms with E-state index in [1.807, 2.05) is 0 Å². The molecule has 0 heterocycles. The molecule has 0 N–H and O–H groups in total. The lowest BCUT2D eigenvalue weighted by Gasteiger charge is -2.16. The summed E-state index contributed by atoms with van der Waals surface area (Å²) in [6.07, 6.45) is 6.81. The predicted molar refractivity (Wildman–Crippen MR) is 113 cm³/mol. The first-order valence-corrected chi connectivity index (χ1v) is 9.77. The number of ether oxygens (including phenoxy) is 2. The fourth-order valence-corrected chi connectivity index (χ4v) is 3.66. The number of likely N-dealkylation sites (N-methyl/N-ethyl adjacent to an activating group) is 1. The Kier molecular flexibility index (Phi) is 6.57. The lowest BCUT2D eigenvalue weighted by molar-refractivity contribution is 0.333. The molecule has 3 rings (SSSR count). The van der Waals surface area contributed by atoms with Crippen LogP contribution in [0, 0.1) is 6.92 Å². The summed E-state index contributed by atoms with van der Waals surface area (Å²) in [6.45, 7) is 4.38. The molecule has 3 heteroatoms. The van der Waals surface area contributed by atoms with Crippen molar-refractivity contribution in [2.75, 3.05) is 34.4 Å². The number of aryl methyl sites for hydroxylation is 1. The monoisotopic (exact) mass is 365 g/mol. The van der Waals surface area contributed by atoms with Crippen molar-refractivity contribution in [1.29, 1.82) is 0 Å². The molecule has 144 valence electrons. The molecule has 0 amide bonds. The van der Waals surface area contributed by atoms with Gasteiger partial charge in [0, 0.05) is 6.54 Å². The number of nitrogens with zero attached hydrogens (tertiary/aromatic N) is 1. The second kappa shape index (κ2) is 9.09. The molecule has 2 aromatic rings. The van der Waals surface area contributed by atoms with E-state index in [0.29, 0.717) is 0 Å². The van der Waals surface area contributed by atoms with Gasteiger partial charge in [0.2, 0.25) is 0 Å². The van der Waals surface area contributed by atoms with E-state index >= 15 is 0 Å². The topological polar surface area (TPSA) is 21.7 Å². The Morgan fingerprint density at radius 1 is 0.926 bits per heavy atom. The van der Waals surface area contributed by atoms with Gasteiger partial charge < -0.3 is 14.4 Å². The first-order valence-electron chi connectivity index (χ1n) is 9.77. The fourth-order valence-electron chi connectivity index (χ4n) is 3.66. The van der Waals surface area contributed by atoms with Crippen LogP contribution in [-0.4, -0.2) is 39.3 Å². The largest absolute Gasteiger partial charge is 0.493 e. The highest BCUT2D eigenvalue weighted by Gasteiger charge is 2.16. The van der Waals surface area contributed by atoms with Crippen LogP contribution in [0.15, 0.2) is 42.0 Å². The highest BCUT2D eigenvalue weighted by molar-refractivity contribution is 5.67. The summed E-state index contributed by atoms with van der Waals surface area (Å²) in [5, 5.41) is 0. The number of hydrogen-bond donors (Lipinski definition) is 0. The van der Waals surface area contributed by atoms with Gasteiger partial charge in [-0.3, -0.25) is 0 Å². The van der Waals surface area contributed by atoms with Gasteiger partial charge in [0.05, 0.1) is 14.2 Å². The van der Waals surface area contributed by atoms with Crippen LogP contribution in [0.25, 0.3) is 6.08 Å². The molecule has 0 aliphatic heterocycles. The minimum atomic E-state index is 0.810. The molecule has 0 aromatic heterocycles. The Balaban J connectivity index is 1.44. The number of allylic oxidation sites excluding steroid dienone is 1. The summed E-state index contributed by atoms with van der Waals surface area (Å²) < 4.78 is 10.8. The maximum absolute atomic E-state index is 5.42. The average Bonchev–Trinajstić information content (AvgIpc) is 3.07. The molecule has 2 aromatic carbocycles. The third kappa shape index (κ3) is 5.14. The summed E-state index contributed by atoms with van der Waals surface area (Å²) >= 11 is 0. The summed E-state index contributed by atoms with van der Waals surface area (Å²) in [6, 6.07) is 13.1. The van der Waals surface area contributed by atoms with E-state index in [4.69, 9.17) is 9.47 Å². The summed E-state index contributed by atoms with van der Waals surface area (Å²) in [7, 11) is 5.61. The van der Waals surface area contributed by atoms with Crippen molar-refractivity contribution in [2.24, 2.45) is 0 Å². The lowest BCUT2D eigenvalue weighted by atomic mass is 10.1. The molecular formula is C24H31NO2. The maximum atomic E-state index is 5.42. The molecule has 0 radical (unpaired) electrons. The molecular weight excluding hydrogens is 334 g/mol. The van der Waals surface area contributed by atoms with E-state index in [1.54, 1.807) is 14.2 Å². The van der Waals surface area contributed by atoms with Gasteiger partial charge >= 0.3 is 0 Å². The minimum Gasteiger partial charge on any atom is -0.493 e. The van der Waals surface area contributed by atoms with Crippen molar-refractivity contribution in [3.8, 4) is 11.5 Å². The van der Waals surface area contributed by atoms with E-state index < -0.39 is 0 Å². The van der Waals surface area contributed by atoms with Gasteiger partial charge in [-0.15, -0.1) is 0 Å². The molecule has 0 saturated carbocycles. The van der Waals surface area contributed by atoms with Crippen molar-refractivity contribution in [2.45, 2.75) is 32.6 Å². The normalized spacial score (nSPS) is 12.9. The second-order valence-corrected chi connectivity index (χ2v) is 7.53. The third-order valence-electron chi connectivity index (χ3n) is 5.36. The second-order valence-electron chi connectivity index (χ2n) is 7.53. The van der Waals surface area contributed by atoms with Crippen LogP contribution in [-0.2, 0) is 12.8 Å². The summed E-state index contributed by atoms with van der Waals surface area (Å²) in [4.78, 5) is 2.44. The lowest BCUT2D eigenvalue weighted by Crippen LogP contribution is -2.22. The Hall–Kier alpha value is -2.26. The van der Waals surface area contributed by atoms with Crippen molar-refractivity contribution in [3.05, 3.63) is 64.2 Å². The van der Waals surface area contributed by atoms with Crippen LogP contribution in [0.2, 0.25) is 0 Å². The number of rotatable bonds is 9. The molecule has 0 bridgehead atoms. The van der Waals surface area contributed by atoms with Gasteiger partial charge in [-0.25, -0.2) is 0 Å². The van der Waals surface area contributed by atoms with E-state index in [9.17, 15) is 0 Å². The fraction of sp³-hybridized carbons (Fsp3) is 0.417. The minimum absolute atomic E-state index is 0.810. The molecule has 0 unspecified atom stereocenters. The van der Waals surface area contributed by atoms with Gasteiger partial charge in [-0.1, -0.05) is 41.5 Å². The summed E-state index contributed by atoms with van der Waals surface area (Å²) in [5.74, 6) is 1.63. The molecule has 0 atom stereocenters. The van der Waals surface area contributed by atoms with Crippen LogP contribution >= 0.6 is 0 Å². The van der Waals surface area contributed by atoms with Gasteiger partial charge in [-0.05, 0) is 75.0 Å². The first kappa shape index (κ1) is 19.5. The van der Waals surface area contributed by atoms with Crippen LogP contribution in [0.3, 0.4) is 0 Å². The zero-order valence-corrected chi connectivity index (χ0v) is 17.0. The third-order valence-corrected chi connectivity index (χ3v) is 5.36. The molecule has 1 aliphatic carbocycles. The Morgan fingerprint density at radius 3 is 2.33 bits per heavy atom. The number of methoxy groups -OCH3 is 2. The number of fused-ring (bicyclic) bond motifs is 1. The van der Waals surface area contributed by atoms with E-state index in [2.05, 4.69) is 61.3 Å². The summed E-state index contributed by atoms with van der Waals surface area (Å²) in [5.41, 5.74) is 6.87. The maximum Gasteiger partial charge on any atom is 0.161 e. The average molecular weight is 366 g/mol. The molecule has 1 aliphatic rings. The smallest absolute Gasteiger partial charge is 0.161 e. The standard InChI is InChI=1S/C24H31NO2/c1-18-7-9-19(10-8-18)11-13-25(2)12-5-6-20-14-21-16-23(26-3)24(27-4)17-22(21)15-20/h7-10,14,16-17H,5-6,11-13,15H2,1-4H3. The van der Waals surface area contributed by atoms with Crippen molar-refractivity contribution in [1.82, 2.24) is 4.90 Å². The zero-order valence-electron chi connectivity index (χ0n) is 17.0. The van der Waals surface area contributed by atoms with Crippen molar-refractivity contribution < 1.29 is 9.47 Å². The predicted octanol–water partition coefficient (Wildman–Crippen LogP) is 4.91. The quantitative estimate of drug-likeness (QED) is 0.630. The first-order chi connectivity index (χ1) is 13.1. The molecule has 3 nitrogen and oxygen atoms in total. The van der Waals surface area contributed by atoms with E-state index in [0.717, 1.165) is 43.9 Å². The molecule has 27 heavy (non-hydrogen) atoms. The zero-order chi connectivity index (χ0) is 19.2. The van der Waals surface area contributed by atoms with Crippen LogP contribution in [0.4, 0.5) is 0 Å². The molecule has 0 saturated heterocycles. The van der Waals surface area contributed by atoms with E-state index in [-0.39, 0.29) is 0 Å². The van der Waals surface area contributed by atoms with Crippen LogP contribution < -0.4 is 9.47 Å². The van der Waals surface area contributed by atoms with Crippen LogP contribution in [0.5, 0.6) is 11.5 Å². The van der Waals surface area contributed by atoms with Crippen molar-refractivity contribution >= 4 is 6.08 Å². The Morgan fingerprint density at radius 2 is 1.63 bits per heavy atom. The Labute approximate surface area is 163 Å². The van der Waals surface area contributed by atoms with Crippen LogP contribution in [0.1, 0.15) is 35.1 Å². The highest BCUT2D eigenvalue weighted by Crippen LogP contribution is 2.36. The number of benzene rings is 2. The van der Waals surface area contributed by atoms with Gasteiger partial charge in [-0.2, -0.15) is 0 Å². The van der Waals surface area contributed by atoms with Gasteiger partial charge in [0.25, 0.3) is 0 Å². The Bertz CT molecular complexity index is 793. The van der Waals surface area contributed by atoms with E-state index in [1.165, 1.54) is 34.2 Å².